The number of likely N-dealkylation sites (N-methyl/N-ethyl adjacent to an activating group) is 1. The van der Waals surface area contributed by atoms with Crippen LogP contribution in [-0.2, 0) is 4.74 Å². The first-order valence-electron chi connectivity index (χ1n) is 7.42. The average Bonchev–Trinajstić information content (AvgIpc) is 2.67. The summed E-state index contributed by atoms with van der Waals surface area (Å²) in [6.45, 7) is 3.08. The van der Waals surface area contributed by atoms with Crippen LogP contribution in [-0.4, -0.2) is 37.1 Å². The lowest BCUT2D eigenvalue weighted by molar-refractivity contribution is 0.0707. The zero-order valence-electron chi connectivity index (χ0n) is 13.0. The summed E-state index contributed by atoms with van der Waals surface area (Å²) < 4.78 is 5.80. The molecule has 4 nitrogen and oxygen atoms in total. The quantitative estimate of drug-likeness (QED) is 0.784. The van der Waals surface area contributed by atoms with Crippen LogP contribution in [0, 0.1) is 0 Å². The Bertz CT molecular complexity index is 748. The highest BCUT2D eigenvalue weighted by Crippen LogP contribution is 2.30. The molecule has 0 saturated carbocycles. The van der Waals surface area contributed by atoms with Crippen molar-refractivity contribution in [1.29, 1.82) is 0 Å². The molecule has 1 aromatic heterocycles. The number of aromatic nitrogens is 1. The fraction of sp³-hybridized carbons (Fsp3) is 0.294. The standard InChI is InChI=1S/C17H17Cl2N3O/c1-3-23-15-10-20-16(11-6-4-5-7-12(11)18)17-13(22(15)2)8-9-14(19)21-17/h4-9,15H,3,10H2,1-2H3. The van der Waals surface area contributed by atoms with E-state index in [4.69, 9.17) is 32.9 Å². The molecule has 6 heteroatoms. The second-order valence-corrected chi connectivity index (χ2v) is 5.99. The monoisotopic (exact) mass is 349 g/mol. The Morgan fingerprint density at radius 3 is 2.74 bits per heavy atom. The van der Waals surface area contributed by atoms with Crippen molar-refractivity contribution < 1.29 is 4.74 Å². The van der Waals surface area contributed by atoms with E-state index in [-0.39, 0.29) is 6.23 Å². The molecule has 0 N–H and O–H groups in total. The molecule has 0 aliphatic carbocycles. The van der Waals surface area contributed by atoms with E-state index in [1.54, 1.807) is 6.07 Å². The molecule has 0 spiro atoms. The van der Waals surface area contributed by atoms with Crippen LogP contribution in [0.4, 0.5) is 5.69 Å². The first-order chi connectivity index (χ1) is 11.1. The summed E-state index contributed by atoms with van der Waals surface area (Å²) in [5, 5.41) is 1.06. The Hall–Kier alpha value is -1.62. The van der Waals surface area contributed by atoms with E-state index in [0.29, 0.717) is 23.3 Å². The maximum absolute atomic E-state index is 6.36. The molecule has 3 rings (SSSR count). The molecule has 0 fully saturated rings. The summed E-state index contributed by atoms with van der Waals surface area (Å²) in [6, 6.07) is 11.3. The van der Waals surface area contributed by atoms with Gasteiger partial charge in [-0.2, -0.15) is 0 Å². The van der Waals surface area contributed by atoms with Crippen molar-refractivity contribution in [1.82, 2.24) is 4.98 Å². The van der Waals surface area contributed by atoms with E-state index in [9.17, 15) is 0 Å². The highest BCUT2D eigenvalue weighted by atomic mass is 35.5. The summed E-state index contributed by atoms with van der Waals surface area (Å²) in [5.74, 6) is 0. The van der Waals surface area contributed by atoms with Gasteiger partial charge in [0.1, 0.15) is 17.1 Å². The molecule has 1 unspecified atom stereocenters. The van der Waals surface area contributed by atoms with E-state index in [1.165, 1.54) is 0 Å². The van der Waals surface area contributed by atoms with Gasteiger partial charge in [-0.15, -0.1) is 0 Å². The lowest BCUT2D eigenvalue weighted by atomic mass is 10.1. The lowest BCUT2D eigenvalue weighted by Gasteiger charge is -2.27. The van der Waals surface area contributed by atoms with Crippen molar-refractivity contribution in [2.24, 2.45) is 4.99 Å². The van der Waals surface area contributed by atoms with E-state index < -0.39 is 0 Å². The zero-order chi connectivity index (χ0) is 16.4. The van der Waals surface area contributed by atoms with Crippen molar-refractivity contribution in [2.75, 3.05) is 25.1 Å². The van der Waals surface area contributed by atoms with Gasteiger partial charge in [0, 0.05) is 19.2 Å². The number of anilines is 1. The summed E-state index contributed by atoms with van der Waals surface area (Å²) in [7, 11) is 1.97. The summed E-state index contributed by atoms with van der Waals surface area (Å²) >= 11 is 12.5. The molecule has 1 atom stereocenters. The fourth-order valence-corrected chi connectivity index (χ4v) is 3.00. The van der Waals surface area contributed by atoms with Gasteiger partial charge in [0.2, 0.25) is 0 Å². The number of nitrogens with zero attached hydrogens (tertiary/aromatic N) is 3. The minimum Gasteiger partial charge on any atom is -0.357 e. The zero-order valence-corrected chi connectivity index (χ0v) is 14.5. The molecule has 0 bridgehead atoms. The minimum atomic E-state index is -0.151. The van der Waals surface area contributed by atoms with Crippen LogP contribution in [0.5, 0.6) is 0 Å². The third-order valence-electron chi connectivity index (χ3n) is 3.77. The molecule has 120 valence electrons. The van der Waals surface area contributed by atoms with Gasteiger partial charge in [-0.05, 0) is 25.1 Å². The predicted octanol–water partition coefficient (Wildman–Crippen LogP) is 4.04. The molecule has 23 heavy (non-hydrogen) atoms. The number of rotatable bonds is 3. The molecule has 0 radical (unpaired) electrons. The van der Waals surface area contributed by atoms with Gasteiger partial charge in [-0.1, -0.05) is 41.4 Å². The number of benzene rings is 1. The first kappa shape index (κ1) is 16.2. The summed E-state index contributed by atoms with van der Waals surface area (Å²) in [6.07, 6.45) is -0.151. The number of hydrogen-bond donors (Lipinski definition) is 0. The Labute approximate surface area is 145 Å². The molecule has 1 aliphatic rings. The van der Waals surface area contributed by atoms with Gasteiger partial charge in [-0.3, -0.25) is 4.99 Å². The van der Waals surface area contributed by atoms with Crippen molar-refractivity contribution in [2.45, 2.75) is 13.2 Å². The van der Waals surface area contributed by atoms with Crippen molar-refractivity contribution in [3.63, 3.8) is 0 Å². The number of ether oxygens (including phenoxy) is 1. The number of halogens is 2. The number of pyridine rings is 1. The number of aliphatic imine (C=N–C) groups is 1. The Kier molecular flexibility index (Phi) is 4.85. The Morgan fingerprint density at radius 1 is 1.22 bits per heavy atom. The Balaban J connectivity index is 2.18. The normalized spacial score (nSPS) is 17.5. The van der Waals surface area contributed by atoms with Crippen molar-refractivity contribution >= 4 is 34.6 Å². The van der Waals surface area contributed by atoms with Crippen LogP contribution in [0.15, 0.2) is 41.4 Å². The largest absolute Gasteiger partial charge is 0.357 e. The van der Waals surface area contributed by atoms with Crippen LogP contribution < -0.4 is 4.90 Å². The van der Waals surface area contributed by atoms with E-state index >= 15 is 0 Å². The molecule has 2 heterocycles. The van der Waals surface area contributed by atoms with Crippen LogP contribution in [0.3, 0.4) is 0 Å². The molecule has 0 amide bonds. The fourth-order valence-electron chi connectivity index (χ4n) is 2.63. The minimum absolute atomic E-state index is 0.151. The number of fused-ring (bicyclic) bond motifs is 1. The highest BCUT2D eigenvalue weighted by molar-refractivity contribution is 6.36. The SMILES string of the molecule is CCOC1CN=C(c2ccccc2Cl)c2nc(Cl)ccc2N1C. The highest BCUT2D eigenvalue weighted by Gasteiger charge is 2.26. The van der Waals surface area contributed by atoms with Crippen LogP contribution in [0.25, 0.3) is 0 Å². The smallest absolute Gasteiger partial charge is 0.149 e. The summed E-state index contributed by atoms with van der Waals surface area (Å²) in [4.78, 5) is 11.3. The van der Waals surface area contributed by atoms with Crippen molar-refractivity contribution in [3.8, 4) is 0 Å². The molecule has 1 aromatic carbocycles. The summed E-state index contributed by atoms with van der Waals surface area (Å²) in [5.41, 5.74) is 3.22. The Morgan fingerprint density at radius 2 is 2.00 bits per heavy atom. The number of hydrogen-bond acceptors (Lipinski definition) is 4. The van der Waals surface area contributed by atoms with Gasteiger partial charge in [0.15, 0.2) is 0 Å². The predicted molar refractivity (Wildman–Crippen MR) is 95.0 cm³/mol. The second-order valence-electron chi connectivity index (χ2n) is 5.19. The van der Waals surface area contributed by atoms with Gasteiger partial charge >= 0.3 is 0 Å². The molecule has 0 saturated heterocycles. The van der Waals surface area contributed by atoms with E-state index in [1.807, 2.05) is 49.2 Å². The third-order valence-corrected chi connectivity index (χ3v) is 4.31. The van der Waals surface area contributed by atoms with E-state index in [2.05, 4.69) is 4.98 Å². The lowest BCUT2D eigenvalue weighted by Crippen LogP contribution is -2.36. The molecular formula is C17H17Cl2N3O. The molecule has 1 aliphatic heterocycles. The average molecular weight is 350 g/mol. The topological polar surface area (TPSA) is 37.7 Å². The third kappa shape index (κ3) is 3.20. The first-order valence-corrected chi connectivity index (χ1v) is 8.18. The van der Waals surface area contributed by atoms with Gasteiger partial charge in [0.05, 0.1) is 23.0 Å². The van der Waals surface area contributed by atoms with Crippen LogP contribution in [0.2, 0.25) is 10.2 Å². The van der Waals surface area contributed by atoms with Crippen LogP contribution in [0.1, 0.15) is 18.2 Å². The molecular weight excluding hydrogens is 333 g/mol. The maximum Gasteiger partial charge on any atom is 0.149 e. The van der Waals surface area contributed by atoms with Crippen molar-refractivity contribution in [3.05, 3.63) is 57.8 Å². The second kappa shape index (κ2) is 6.87. The van der Waals surface area contributed by atoms with Gasteiger partial charge < -0.3 is 9.64 Å². The van der Waals surface area contributed by atoms with Gasteiger partial charge in [0.25, 0.3) is 0 Å². The maximum atomic E-state index is 6.36. The van der Waals surface area contributed by atoms with E-state index in [0.717, 1.165) is 22.7 Å². The van der Waals surface area contributed by atoms with Gasteiger partial charge in [-0.25, -0.2) is 4.98 Å². The molecule has 2 aromatic rings. The van der Waals surface area contributed by atoms with Crippen LogP contribution >= 0.6 is 23.2 Å².